The van der Waals surface area contributed by atoms with Gasteiger partial charge in [0.25, 0.3) is 0 Å². The number of hydrogen-bond acceptors (Lipinski definition) is 5. The smallest absolute Gasteiger partial charge is 0.303 e. The molecule has 10 heteroatoms. The van der Waals surface area contributed by atoms with Crippen LogP contribution in [-0.2, 0) is 34.1 Å². The molecule has 0 aromatic heterocycles. The SMILES string of the molecule is CN(C[C@H](O)CNC(C)(C)CC1Cc2ccccc2C1)S(=O)(=O)c1ccc(-c2ccc(F)cc2CCC(=O)O)c(F)c1. The van der Waals surface area contributed by atoms with E-state index in [-0.39, 0.29) is 47.5 Å². The van der Waals surface area contributed by atoms with Crippen molar-refractivity contribution in [3.63, 3.8) is 0 Å². The lowest BCUT2D eigenvalue weighted by Crippen LogP contribution is -2.47. The maximum absolute atomic E-state index is 15.2. The minimum absolute atomic E-state index is 0.0122. The van der Waals surface area contributed by atoms with Gasteiger partial charge in [0.05, 0.1) is 11.0 Å². The molecule has 3 N–H and O–H groups in total. The Morgan fingerprint density at radius 2 is 1.69 bits per heavy atom. The highest BCUT2D eigenvalue weighted by molar-refractivity contribution is 7.89. The van der Waals surface area contributed by atoms with Crippen molar-refractivity contribution < 1.29 is 32.2 Å². The average Bonchev–Trinajstić information content (AvgIpc) is 3.32. The van der Waals surface area contributed by atoms with Gasteiger partial charge in [-0.05, 0) is 92.0 Å². The van der Waals surface area contributed by atoms with E-state index in [4.69, 9.17) is 5.11 Å². The molecule has 0 spiro atoms. The van der Waals surface area contributed by atoms with Crippen LogP contribution in [-0.4, -0.2) is 60.7 Å². The second-order valence-corrected chi connectivity index (χ2v) is 13.8. The average molecular weight is 601 g/mol. The number of aliphatic carboxylic acids is 1. The fourth-order valence-electron chi connectivity index (χ4n) is 5.77. The van der Waals surface area contributed by atoms with Crippen molar-refractivity contribution in [3.8, 4) is 11.1 Å². The molecular weight excluding hydrogens is 562 g/mol. The van der Waals surface area contributed by atoms with Crippen molar-refractivity contribution in [2.75, 3.05) is 20.1 Å². The number of carboxylic acids is 1. The van der Waals surface area contributed by atoms with E-state index < -0.39 is 33.7 Å². The molecule has 0 saturated carbocycles. The molecule has 0 fully saturated rings. The van der Waals surface area contributed by atoms with Crippen LogP contribution in [0.1, 0.15) is 43.4 Å². The Balaban J connectivity index is 1.37. The molecule has 0 bridgehead atoms. The molecule has 3 aromatic carbocycles. The van der Waals surface area contributed by atoms with Gasteiger partial charge in [-0.1, -0.05) is 36.4 Å². The van der Waals surface area contributed by atoms with Gasteiger partial charge >= 0.3 is 5.97 Å². The number of halogens is 2. The first kappa shape index (κ1) is 31.7. The number of nitrogens with zero attached hydrogens (tertiary/aromatic N) is 1. The van der Waals surface area contributed by atoms with Gasteiger partial charge in [-0.3, -0.25) is 4.79 Å². The number of carbonyl (C=O) groups is 1. The van der Waals surface area contributed by atoms with Crippen LogP contribution in [0.5, 0.6) is 0 Å². The van der Waals surface area contributed by atoms with Crippen LogP contribution in [0.25, 0.3) is 11.1 Å². The maximum Gasteiger partial charge on any atom is 0.303 e. The summed E-state index contributed by atoms with van der Waals surface area (Å²) in [5.41, 5.74) is 3.12. The number of aryl methyl sites for hydroxylation is 1. The molecule has 0 heterocycles. The third-order valence-corrected chi connectivity index (χ3v) is 9.65. The quantitative estimate of drug-likeness (QED) is 0.260. The Bertz CT molecular complexity index is 1520. The molecule has 1 aliphatic carbocycles. The summed E-state index contributed by atoms with van der Waals surface area (Å²) in [5.74, 6) is -2.01. The highest BCUT2D eigenvalue weighted by Gasteiger charge is 2.30. The van der Waals surface area contributed by atoms with Gasteiger partial charge in [-0.2, -0.15) is 4.31 Å². The van der Waals surface area contributed by atoms with Gasteiger partial charge in [0.2, 0.25) is 10.0 Å². The summed E-state index contributed by atoms with van der Waals surface area (Å²) in [6.07, 6.45) is 1.67. The van der Waals surface area contributed by atoms with Gasteiger partial charge in [0, 0.05) is 37.7 Å². The van der Waals surface area contributed by atoms with Crippen molar-refractivity contribution in [3.05, 3.63) is 89.0 Å². The number of hydrogen-bond donors (Lipinski definition) is 3. The molecule has 1 aliphatic rings. The predicted molar refractivity (Wildman–Crippen MR) is 158 cm³/mol. The van der Waals surface area contributed by atoms with Crippen molar-refractivity contribution in [2.24, 2.45) is 5.92 Å². The first-order valence-corrected chi connectivity index (χ1v) is 15.5. The fourth-order valence-corrected chi connectivity index (χ4v) is 6.99. The van der Waals surface area contributed by atoms with Crippen LogP contribution in [0, 0.1) is 17.6 Å². The van der Waals surface area contributed by atoms with Crippen LogP contribution < -0.4 is 5.32 Å². The number of β-amino-alcohol motifs (C(OH)–C–C–N with tert-alkyl or cyclic N) is 1. The monoisotopic (exact) mass is 600 g/mol. The zero-order valence-corrected chi connectivity index (χ0v) is 24.9. The van der Waals surface area contributed by atoms with Crippen LogP contribution >= 0.6 is 0 Å². The summed E-state index contributed by atoms with van der Waals surface area (Å²) < 4.78 is 56.4. The molecule has 0 unspecified atom stereocenters. The van der Waals surface area contributed by atoms with Gasteiger partial charge in [-0.25, -0.2) is 17.2 Å². The Kier molecular flexibility index (Phi) is 9.82. The number of likely N-dealkylation sites (N-methyl/N-ethyl adjacent to an activating group) is 1. The molecule has 1 atom stereocenters. The third kappa shape index (κ3) is 7.80. The number of aliphatic hydroxyl groups excluding tert-OH is 1. The molecule has 0 saturated heterocycles. The van der Waals surface area contributed by atoms with Gasteiger partial charge in [-0.15, -0.1) is 0 Å². The number of fused-ring (bicyclic) bond motifs is 1. The van der Waals surface area contributed by atoms with Crippen molar-refractivity contribution in [1.29, 1.82) is 0 Å². The zero-order chi connectivity index (χ0) is 30.7. The summed E-state index contributed by atoms with van der Waals surface area (Å²) >= 11 is 0. The number of benzene rings is 3. The van der Waals surface area contributed by atoms with Crippen molar-refractivity contribution in [1.82, 2.24) is 9.62 Å². The van der Waals surface area contributed by atoms with Gasteiger partial charge < -0.3 is 15.5 Å². The van der Waals surface area contributed by atoms with Crippen LogP contribution in [0.4, 0.5) is 8.78 Å². The first-order valence-electron chi connectivity index (χ1n) is 14.0. The molecule has 0 radical (unpaired) electrons. The highest BCUT2D eigenvalue weighted by atomic mass is 32.2. The van der Waals surface area contributed by atoms with Crippen LogP contribution in [0.15, 0.2) is 65.6 Å². The third-order valence-electron chi connectivity index (χ3n) is 7.83. The molecule has 0 aliphatic heterocycles. The molecule has 7 nitrogen and oxygen atoms in total. The zero-order valence-electron chi connectivity index (χ0n) is 24.1. The number of aliphatic hydroxyl groups is 1. The second-order valence-electron chi connectivity index (χ2n) is 11.8. The molecule has 226 valence electrons. The topological polar surface area (TPSA) is 107 Å². The van der Waals surface area contributed by atoms with E-state index in [0.29, 0.717) is 11.5 Å². The van der Waals surface area contributed by atoms with E-state index in [9.17, 15) is 22.7 Å². The van der Waals surface area contributed by atoms with Gasteiger partial charge in [0.1, 0.15) is 11.6 Å². The summed E-state index contributed by atoms with van der Waals surface area (Å²) in [6, 6.07) is 15.5. The summed E-state index contributed by atoms with van der Waals surface area (Å²) in [5, 5.41) is 23.0. The highest BCUT2D eigenvalue weighted by Crippen LogP contribution is 2.32. The number of carboxylic acid groups (broad SMARTS) is 1. The minimum atomic E-state index is -4.13. The molecule has 42 heavy (non-hydrogen) atoms. The maximum atomic E-state index is 15.2. The normalized spacial score (nSPS) is 14.7. The van der Waals surface area contributed by atoms with Crippen LogP contribution in [0.3, 0.4) is 0 Å². The lowest BCUT2D eigenvalue weighted by molar-refractivity contribution is -0.136. The number of rotatable bonds is 13. The van der Waals surface area contributed by atoms with E-state index in [0.717, 1.165) is 41.8 Å². The van der Waals surface area contributed by atoms with Crippen LogP contribution in [0.2, 0.25) is 0 Å². The predicted octanol–water partition coefficient (Wildman–Crippen LogP) is 4.80. The Labute approximate surface area is 246 Å². The Morgan fingerprint density at radius 3 is 2.31 bits per heavy atom. The van der Waals surface area contributed by atoms with E-state index in [2.05, 4.69) is 43.4 Å². The molecular formula is C32H38F2N2O5S. The number of sulfonamides is 1. The summed E-state index contributed by atoms with van der Waals surface area (Å²) in [4.78, 5) is 10.7. The Hall–Kier alpha value is -3.18. The number of nitrogens with one attached hydrogen (secondary N) is 1. The second kappa shape index (κ2) is 13.0. The molecule has 3 aromatic rings. The lowest BCUT2D eigenvalue weighted by Gasteiger charge is -2.31. The fraction of sp³-hybridized carbons (Fsp3) is 0.406. The van der Waals surface area contributed by atoms with Crippen molar-refractivity contribution >= 4 is 16.0 Å². The largest absolute Gasteiger partial charge is 0.481 e. The molecule has 0 amide bonds. The minimum Gasteiger partial charge on any atom is -0.481 e. The van der Waals surface area contributed by atoms with E-state index in [1.54, 1.807) is 0 Å². The van der Waals surface area contributed by atoms with Gasteiger partial charge in [0.15, 0.2) is 0 Å². The summed E-state index contributed by atoms with van der Waals surface area (Å²) in [6.45, 7) is 4.13. The Morgan fingerprint density at radius 1 is 1.05 bits per heavy atom. The lowest BCUT2D eigenvalue weighted by atomic mass is 9.88. The van der Waals surface area contributed by atoms with Crippen molar-refractivity contribution in [2.45, 2.75) is 62.5 Å². The van der Waals surface area contributed by atoms with E-state index >= 15 is 4.39 Å². The molecule has 4 rings (SSSR count). The first-order chi connectivity index (χ1) is 19.7. The summed E-state index contributed by atoms with van der Waals surface area (Å²) in [7, 11) is -2.80. The van der Waals surface area contributed by atoms with E-state index in [1.807, 2.05) is 0 Å². The van der Waals surface area contributed by atoms with E-state index in [1.165, 1.54) is 36.4 Å². The standard InChI is InChI=1S/C32H38F2N2O5S/c1-32(2,18-21-14-22-6-4-5-7-23(22)15-21)35-19-26(37)20-36(3)42(40,41)27-10-12-29(30(34)17-27)28-11-9-25(33)16-24(28)8-13-31(38)39/h4-7,9-12,16-17,21,26,35,37H,8,13-15,18-20H2,1-3H3,(H,38,39)/t26-/m1/s1.